The van der Waals surface area contributed by atoms with Gasteiger partial charge in [0.25, 0.3) is 0 Å². The lowest BCUT2D eigenvalue weighted by Gasteiger charge is -2.10. The fourth-order valence-corrected chi connectivity index (χ4v) is 2.14. The average molecular weight is 287 g/mol. The molecule has 0 aliphatic rings. The number of hydrogen-bond donors (Lipinski definition) is 3. The van der Waals surface area contributed by atoms with Crippen molar-refractivity contribution in [3.05, 3.63) is 53.6 Å². The number of benzene rings is 2. The van der Waals surface area contributed by atoms with Crippen LogP contribution in [0.4, 0.5) is 5.69 Å². The molecule has 0 unspecified atom stereocenters. The van der Waals surface area contributed by atoms with E-state index < -0.39 is 0 Å². The molecule has 2 aromatic rings. The predicted octanol–water partition coefficient (Wildman–Crippen LogP) is 2.94. The Bertz CT molecular complexity index is 584. The van der Waals surface area contributed by atoms with Gasteiger partial charge in [0.05, 0.1) is 7.11 Å². The summed E-state index contributed by atoms with van der Waals surface area (Å²) in [4.78, 5) is 0. The van der Waals surface area contributed by atoms with E-state index >= 15 is 0 Å². The summed E-state index contributed by atoms with van der Waals surface area (Å²) >= 11 is 0. The van der Waals surface area contributed by atoms with Crippen LogP contribution in [0.1, 0.15) is 17.5 Å². The van der Waals surface area contributed by atoms with Crippen LogP contribution in [0, 0.1) is 0 Å². The fourth-order valence-electron chi connectivity index (χ4n) is 2.14. The number of methoxy groups -OCH3 is 1. The highest BCUT2D eigenvalue weighted by atomic mass is 16.5. The number of aliphatic hydroxyl groups is 1. The lowest BCUT2D eigenvalue weighted by atomic mass is 10.1. The molecule has 0 aliphatic carbocycles. The summed E-state index contributed by atoms with van der Waals surface area (Å²) in [5, 5.41) is 22.1. The van der Waals surface area contributed by atoms with Crippen LogP contribution in [-0.2, 0) is 13.0 Å². The molecule has 2 aromatic carbocycles. The summed E-state index contributed by atoms with van der Waals surface area (Å²) < 4.78 is 5.07. The molecule has 2 rings (SSSR count). The molecular formula is C17H21NO3. The van der Waals surface area contributed by atoms with Crippen molar-refractivity contribution in [1.82, 2.24) is 0 Å². The number of phenols is 1. The molecule has 0 saturated carbocycles. The fraction of sp³-hybridized carbons (Fsp3) is 0.294. The van der Waals surface area contributed by atoms with Crippen LogP contribution in [-0.4, -0.2) is 23.9 Å². The third-order valence-corrected chi connectivity index (χ3v) is 3.33. The number of phenolic OH excluding ortho intramolecular Hbond substituents is 1. The summed E-state index contributed by atoms with van der Waals surface area (Å²) in [5.74, 6) is 0.862. The molecule has 4 heteroatoms. The van der Waals surface area contributed by atoms with Gasteiger partial charge in [-0.05, 0) is 42.7 Å². The second-order valence-electron chi connectivity index (χ2n) is 4.88. The SMILES string of the molecule is COc1ccc(CNc2cccc(CCCO)c2)c(O)c1. The number of nitrogens with one attached hydrogen (secondary N) is 1. The summed E-state index contributed by atoms with van der Waals surface area (Å²) in [6.07, 6.45) is 1.63. The van der Waals surface area contributed by atoms with Crippen molar-refractivity contribution in [3.8, 4) is 11.5 Å². The Labute approximate surface area is 125 Å². The third-order valence-electron chi connectivity index (χ3n) is 3.33. The molecule has 0 bridgehead atoms. The molecule has 0 aliphatic heterocycles. The second-order valence-corrected chi connectivity index (χ2v) is 4.88. The van der Waals surface area contributed by atoms with Gasteiger partial charge in [-0.3, -0.25) is 0 Å². The number of rotatable bonds is 7. The summed E-state index contributed by atoms with van der Waals surface area (Å²) in [5.41, 5.74) is 3.00. The predicted molar refractivity (Wildman–Crippen MR) is 83.8 cm³/mol. The monoisotopic (exact) mass is 287 g/mol. The zero-order chi connectivity index (χ0) is 15.1. The van der Waals surface area contributed by atoms with Gasteiger partial charge in [-0.25, -0.2) is 0 Å². The molecule has 0 fully saturated rings. The van der Waals surface area contributed by atoms with Gasteiger partial charge < -0.3 is 20.3 Å². The van der Waals surface area contributed by atoms with Crippen LogP contribution >= 0.6 is 0 Å². The van der Waals surface area contributed by atoms with Crippen molar-refractivity contribution >= 4 is 5.69 Å². The first-order chi connectivity index (χ1) is 10.2. The Kier molecular flexibility index (Phi) is 5.46. The van der Waals surface area contributed by atoms with Gasteiger partial charge in [0.2, 0.25) is 0 Å². The molecule has 0 amide bonds. The first-order valence-electron chi connectivity index (χ1n) is 7.02. The summed E-state index contributed by atoms with van der Waals surface area (Å²) in [7, 11) is 1.57. The van der Waals surface area contributed by atoms with Crippen molar-refractivity contribution in [1.29, 1.82) is 0 Å². The number of anilines is 1. The second kappa shape index (κ2) is 7.55. The van der Waals surface area contributed by atoms with Crippen molar-refractivity contribution < 1.29 is 14.9 Å². The zero-order valence-corrected chi connectivity index (χ0v) is 12.2. The van der Waals surface area contributed by atoms with Crippen LogP contribution in [0.3, 0.4) is 0 Å². The van der Waals surface area contributed by atoms with Gasteiger partial charge in [-0.1, -0.05) is 12.1 Å². The topological polar surface area (TPSA) is 61.7 Å². The van der Waals surface area contributed by atoms with Crippen molar-refractivity contribution in [2.75, 3.05) is 19.0 Å². The van der Waals surface area contributed by atoms with Gasteiger partial charge in [-0.15, -0.1) is 0 Å². The van der Waals surface area contributed by atoms with Gasteiger partial charge in [-0.2, -0.15) is 0 Å². The maximum absolute atomic E-state index is 9.92. The van der Waals surface area contributed by atoms with Gasteiger partial charge in [0.1, 0.15) is 11.5 Å². The molecular weight excluding hydrogens is 266 g/mol. The Morgan fingerprint density at radius 2 is 2.00 bits per heavy atom. The highest BCUT2D eigenvalue weighted by Crippen LogP contribution is 2.24. The Hall–Kier alpha value is -2.20. The normalized spacial score (nSPS) is 10.4. The van der Waals surface area contributed by atoms with Crippen LogP contribution in [0.2, 0.25) is 0 Å². The molecule has 112 valence electrons. The van der Waals surface area contributed by atoms with Crippen LogP contribution in [0.15, 0.2) is 42.5 Å². The Morgan fingerprint density at radius 3 is 2.71 bits per heavy atom. The Morgan fingerprint density at radius 1 is 1.14 bits per heavy atom. The van der Waals surface area contributed by atoms with E-state index in [9.17, 15) is 5.11 Å². The van der Waals surface area contributed by atoms with Crippen LogP contribution in [0.5, 0.6) is 11.5 Å². The van der Waals surface area contributed by atoms with E-state index in [1.807, 2.05) is 30.3 Å². The lowest BCUT2D eigenvalue weighted by molar-refractivity contribution is 0.288. The number of ether oxygens (including phenoxy) is 1. The standard InChI is InChI=1S/C17H21NO3/c1-21-16-8-7-14(17(20)11-16)12-18-15-6-2-4-13(10-15)5-3-9-19/h2,4,6-8,10-11,18-20H,3,5,9,12H2,1H3. The highest BCUT2D eigenvalue weighted by Gasteiger charge is 2.03. The van der Waals surface area contributed by atoms with Crippen LogP contribution < -0.4 is 10.1 Å². The van der Waals surface area contributed by atoms with Gasteiger partial charge in [0.15, 0.2) is 0 Å². The maximum atomic E-state index is 9.92. The minimum absolute atomic E-state index is 0.206. The molecule has 3 N–H and O–H groups in total. The van der Waals surface area contributed by atoms with E-state index in [2.05, 4.69) is 11.4 Å². The Balaban J connectivity index is 1.99. The van der Waals surface area contributed by atoms with Gasteiger partial charge in [0, 0.05) is 30.5 Å². The number of hydrogen-bond acceptors (Lipinski definition) is 4. The summed E-state index contributed by atoms with van der Waals surface area (Å²) in [6, 6.07) is 13.4. The molecule has 0 radical (unpaired) electrons. The van der Waals surface area contributed by atoms with E-state index in [4.69, 9.17) is 9.84 Å². The van der Waals surface area contributed by atoms with E-state index in [1.165, 1.54) is 5.56 Å². The smallest absolute Gasteiger partial charge is 0.124 e. The molecule has 21 heavy (non-hydrogen) atoms. The van der Waals surface area contributed by atoms with Crippen molar-refractivity contribution in [2.24, 2.45) is 0 Å². The first kappa shape index (κ1) is 15.2. The average Bonchev–Trinajstić information content (AvgIpc) is 2.52. The number of aryl methyl sites for hydroxylation is 1. The third kappa shape index (κ3) is 4.39. The minimum Gasteiger partial charge on any atom is -0.507 e. The lowest BCUT2D eigenvalue weighted by Crippen LogP contribution is -2.00. The molecule has 4 nitrogen and oxygen atoms in total. The van der Waals surface area contributed by atoms with Crippen molar-refractivity contribution in [2.45, 2.75) is 19.4 Å². The maximum Gasteiger partial charge on any atom is 0.124 e. The largest absolute Gasteiger partial charge is 0.507 e. The van der Waals surface area contributed by atoms with Crippen LogP contribution in [0.25, 0.3) is 0 Å². The number of aliphatic hydroxyl groups excluding tert-OH is 1. The zero-order valence-electron chi connectivity index (χ0n) is 12.2. The molecule has 0 atom stereocenters. The van der Waals surface area contributed by atoms with E-state index in [0.717, 1.165) is 24.1 Å². The first-order valence-corrected chi connectivity index (χ1v) is 7.02. The summed E-state index contributed by atoms with van der Waals surface area (Å²) in [6.45, 7) is 0.747. The molecule has 0 aromatic heterocycles. The van der Waals surface area contributed by atoms with E-state index in [1.54, 1.807) is 13.2 Å². The molecule has 0 saturated heterocycles. The molecule has 0 heterocycles. The van der Waals surface area contributed by atoms with E-state index in [0.29, 0.717) is 12.3 Å². The van der Waals surface area contributed by atoms with E-state index in [-0.39, 0.29) is 12.4 Å². The minimum atomic E-state index is 0.206. The molecule has 0 spiro atoms. The van der Waals surface area contributed by atoms with Gasteiger partial charge >= 0.3 is 0 Å². The van der Waals surface area contributed by atoms with Crippen molar-refractivity contribution in [3.63, 3.8) is 0 Å². The quantitative estimate of drug-likeness (QED) is 0.732. The number of aromatic hydroxyl groups is 1. The highest BCUT2D eigenvalue weighted by molar-refractivity contribution is 5.48.